The second-order valence-corrected chi connectivity index (χ2v) is 8.88. The molecular formula is C21H26ClF2N3O. The van der Waals surface area contributed by atoms with Crippen LogP contribution in [-0.2, 0) is 11.2 Å². The lowest BCUT2D eigenvalue weighted by atomic mass is 9.89. The van der Waals surface area contributed by atoms with Gasteiger partial charge in [-0.1, -0.05) is 25.4 Å². The minimum Gasteiger partial charge on any atom is -0.356 e. The van der Waals surface area contributed by atoms with Crippen LogP contribution in [0.15, 0.2) is 18.2 Å². The summed E-state index contributed by atoms with van der Waals surface area (Å²) in [6.07, 6.45) is -0.698. The predicted molar refractivity (Wildman–Crippen MR) is 107 cm³/mol. The van der Waals surface area contributed by atoms with E-state index in [0.29, 0.717) is 30.6 Å². The van der Waals surface area contributed by atoms with E-state index >= 15 is 0 Å². The van der Waals surface area contributed by atoms with Crippen molar-refractivity contribution in [3.63, 3.8) is 0 Å². The lowest BCUT2D eigenvalue weighted by Gasteiger charge is -2.44. The quantitative estimate of drug-likeness (QED) is 0.790. The standard InChI is InChI=1S/C21H26ClF2N3O/c1-12(2)7-18-20-15(16-8-14(22)3-4-17(16)25-20)5-6-27(18)21(28)13-9-26(10-13)11-19(23)24/h3-4,8,12-13,18-19,25H,5-7,9-11H2,1-2H3. The molecule has 7 heteroatoms. The molecule has 28 heavy (non-hydrogen) atoms. The fraction of sp³-hybridized carbons (Fsp3) is 0.571. The zero-order valence-corrected chi connectivity index (χ0v) is 17.0. The third-order valence-electron chi connectivity index (χ3n) is 5.89. The van der Waals surface area contributed by atoms with Gasteiger partial charge >= 0.3 is 0 Å². The lowest BCUT2D eigenvalue weighted by molar-refractivity contribution is -0.145. The van der Waals surface area contributed by atoms with Gasteiger partial charge in [0.15, 0.2) is 0 Å². The van der Waals surface area contributed by atoms with Gasteiger partial charge in [-0.2, -0.15) is 0 Å². The fourth-order valence-electron chi connectivity index (χ4n) is 4.60. The minimum atomic E-state index is -2.35. The number of hydrogen-bond donors (Lipinski definition) is 1. The smallest absolute Gasteiger partial charge is 0.251 e. The van der Waals surface area contributed by atoms with Gasteiger partial charge in [0.1, 0.15) is 0 Å². The number of aromatic nitrogens is 1. The number of halogens is 3. The van der Waals surface area contributed by atoms with Gasteiger partial charge in [0.25, 0.3) is 6.43 Å². The summed E-state index contributed by atoms with van der Waals surface area (Å²) in [7, 11) is 0. The number of nitrogens with zero attached hydrogens (tertiary/aromatic N) is 2. The molecule has 152 valence electrons. The number of H-pyrrole nitrogens is 1. The summed E-state index contributed by atoms with van der Waals surface area (Å²) in [5.41, 5.74) is 3.40. The second kappa shape index (κ2) is 7.64. The highest BCUT2D eigenvalue weighted by molar-refractivity contribution is 6.31. The van der Waals surface area contributed by atoms with Gasteiger partial charge in [-0.25, -0.2) is 8.78 Å². The molecule has 1 amide bonds. The second-order valence-electron chi connectivity index (χ2n) is 8.44. The van der Waals surface area contributed by atoms with E-state index < -0.39 is 6.43 Å². The van der Waals surface area contributed by atoms with Gasteiger partial charge in [-0.15, -0.1) is 0 Å². The molecule has 2 aliphatic heterocycles. The average molecular weight is 410 g/mol. The summed E-state index contributed by atoms with van der Waals surface area (Å²) in [5.74, 6) is 0.352. The van der Waals surface area contributed by atoms with Crippen molar-refractivity contribution in [3.05, 3.63) is 34.5 Å². The van der Waals surface area contributed by atoms with E-state index in [2.05, 4.69) is 18.8 Å². The normalized spacial score (nSPS) is 20.8. The fourth-order valence-corrected chi connectivity index (χ4v) is 4.77. The van der Waals surface area contributed by atoms with Gasteiger partial charge in [0, 0.05) is 41.3 Å². The first-order valence-electron chi connectivity index (χ1n) is 9.94. The van der Waals surface area contributed by atoms with Crippen LogP contribution in [0.4, 0.5) is 8.78 Å². The highest BCUT2D eigenvalue weighted by Crippen LogP contribution is 2.39. The Morgan fingerprint density at radius 3 is 2.75 bits per heavy atom. The number of nitrogens with one attached hydrogen (secondary N) is 1. The van der Waals surface area contributed by atoms with Crippen LogP contribution in [0.1, 0.15) is 37.6 Å². The molecule has 0 radical (unpaired) electrons. The first-order valence-corrected chi connectivity index (χ1v) is 10.3. The maximum Gasteiger partial charge on any atom is 0.251 e. The Hall–Kier alpha value is -1.66. The molecule has 2 aromatic rings. The van der Waals surface area contributed by atoms with E-state index in [4.69, 9.17) is 11.6 Å². The molecule has 1 fully saturated rings. The zero-order chi connectivity index (χ0) is 20.0. The monoisotopic (exact) mass is 409 g/mol. The van der Waals surface area contributed by atoms with E-state index in [0.717, 1.165) is 29.4 Å². The first kappa shape index (κ1) is 19.6. The molecule has 4 nitrogen and oxygen atoms in total. The lowest BCUT2D eigenvalue weighted by Crippen LogP contribution is -2.56. The number of carbonyl (C=O) groups is 1. The van der Waals surface area contributed by atoms with Crippen LogP contribution < -0.4 is 0 Å². The number of amides is 1. The maximum atomic E-state index is 13.2. The van der Waals surface area contributed by atoms with Crippen LogP contribution in [0, 0.1) is 11.8 Å². The molecule has 0 bridgehead atoms. The molecule has 2 aliphatic rings. The van der Waals surface area contributed by atoms with Gasteiger partial charge in [0.2, 0.25) is 5.91 Å². The minimum absolute atomic E-state index is 0.00780. The number of rotatable bonds is 5. The molecule has 3 heterocycles. The summed E-state index contributed by atoms with van der Waals surface area (Å²) in [6.45, 7) is 5.60. The van der Waals surface area contributed by atoms with Crippen molar-refractivity contribution in [2.24, 2.45) is 11.8 Å². The predicted octanol–water partition coefficient (Wildman–Crippen LogP) is 4.49. The van der Waals surface area contributed by atoms with Crippen LogP contribution in [0.25, 0.3) is 10.9 Å². The van der Waals surface area contributed by atoms with Crippen LogP contribution in [0.3, 0.4) is 0 Å². The van der Waals surface area contributed by atoms with Gasteiger partial charge < -0.3 is 9.88 Å². The zero-order valence-electron chi connectivity index (χ0n) is 16.2. The molecule has 0 aliphatic carbocycles. The Bertz CT molecular complexity index is 876. The summed E-state index contributed by atoms with van der Waals surface area (Å²) in [4.78, 5) is 20.3. The summed E-state index contributed by atoms with van der Waals surface area (Å²) in [5, 5.41) is 1.84. The topological polar surface area (TPSA) is 39.3 Å². The summed E-state index contributed by atoms with van der Waals surface area (Å²) in [6, 6.07) is 5.84. The van der Waals surface area contributed by atoms with Crippen LogP contribution in [-0.4, -0.2) is 53.3 Å². The average Bonchev–Trinajstić information content (AvgIpc) is 2.95. The van der Waals surface area contributed by atoms with E-state index in [1.165, 1.54) is 5.56 Å². The Morgan fingerprint density at radius 1 is 1.32 bits per heavy atom. The first-order chi connectivity index (χ1) is 13.3. The van der Waals surface area contributed by atoms with E-state index in [-0.39, 0.29) is 24.4 Å². The van der Waals surface area contributed by atoms with Crippen molar-refractivity contribution in [2.75, 3.05) is 26.2 Å². The molecular weight excluding hydrogens is 384 g/mol. The number of carbonyl (C=O) groups excluding carboxylic acids is 1. The highest BCUT2D eigenvalue weighted by atomic mass is 35.5. The van der Waals surface area contributed by atoms with Crippen LogP contribution in [0.2, 0.25) is 5.02 Å². The Morgan fingerprint density at radius 2 is 2.07 bits per heavy atom. The van der Waals surface area contributed by atoms with Crippen molar-refractivity contribution < 1.29 is 13.6 Å². The largest absolute Gasteiger partial charge is 0.356 e. The Kier molecular flexibility index (Phi) is 5.36. The van der Waals surface area contributed by atoms with Crippen molar-refractivity contribution in [3.8, 4) is 0 Å². The van der Waals surface area contributed by atoms with Crippen molar-refractivity contribution in [2.45, 2.75) is 39.2 Å². The van der Waals surface area contributed by atoms with Crippen molar-refractivity contribution in [1.29, 1.82) is 0 Å². The molecule has 4 rings (SSSR count). The number of aromatic amines is 1. The highest BCUT2D eigenvalue weighted by Gasteiger charge is 2.41. The van der Waals surface area contributed by atoms with E-state index in [1.54, 1.807) is 4.90 Å². The molecule has 0 saturated carbocycles. The number of likely N-dealkylation sites (tertiary alicyclic amines) is 1. The maximum absolute atomic E-state index is 13.2. The molecule has 1 atom stereocenters. The number of fused-ring (bicyclic) bond motifs is 3. The molecule has 1 unspecified atom stereocenters. The summed E-state index contributed by atoms with van der Waals surface area (Å²) < 4.78 is 25.1. The molecule has 1 saturated heterocycles. The Balaban J connectivity index is 1.59. The van der Waals surface area contributed by atoms with Gasteiger partial charge in [-0.3, -0.25) is 9.69 Å². The molecule has 1 N–H and O–H groups in total. The van der Waals surface area contributed by atoms with Crippen molar-refractivity contribution in [1.82, 2.24) is 14.8 Å². The van der Waals surface area contributed by atoms with Gasteiger partial charge in [-0.05, 0) is 42.5 Å². The molecule has 1 aromatic heterocycles. The third-order valence-corrected chi connectivity index (χ3v) is 6.13. The third kappa shape index (κ3) is 3.64. The van der Waals surface area contributed by atoms with Crippen LogP contribution in [0.5, 0.6) is 0 Å². The van der Waals surface area contributed by atoms with E-state index in [1.807, 2.05) is 23.1 Å². The van der Waals surface area contributed by atoms with E-state index in [9.17, 15) is 13.6 Å². The molecule has 1 aromatic carbocycles. The number of alkyl halides is 2. The van der Waals surface area contributed by atoms with Crippen molar-refractivity contribution >= 4 is 28.4 Å². The number of benzene rings is 1. The Labute approximate surface area is 168 Å². The van der Waals surface area contributed by atoms with Crippen LogP contribution >= 0.6 is 11.6 Å². The SMILES string of the molecule is CC(C)CC1c2[nH]c3ccc(Cl)cc3c2CCN1C(=O)C1CN(CC(F)F)C1. The number of hydrogen-bond acceptors (Lipinski definition) is 2. The summed E-state index contributed by atoms with van der Waals surface area (Å²) >= 11 is 6.20. The molecule has 0 spiro atoms. The van der Waals surface area contributed by atoms with Gasteiger partial charge in [0.05, 0.1) is 18.5 Å².